The first-order valence-corrected chi connectivity index (χ1v) is 5.32. The minimum Gasteiger partial charge on any atom is -0.493 e. The van der Waals surface area contributed by atoms with E-state index in [1.807, 2.05) is 6.07 Å². The van der Waals surface area contributed by atoms with E-state index in [-0.39, 0.29) is 18.4 Å². The van der Waals surface area contributed by atoms with E-state index in [1.165, 1.54) is 11.1 Å². The molecule has 0 fully saturated rings. The summed E-state index contributed by atoms with van der Waals surface area (Å²) in [5.74, 6) is 1.04. The number of nitrogens with two attached hydrogens (primary N) is 1. The number of hydrogen-bond donors (Lipinski definition) is 1. The maximum atomic E-state index is 6.06. The summed E-state index contributed by atoms with van der Waals surface area (Å²) in [5.41, 5.74) is 8.62. The molecule has 0 spiro atoms. The Labute approximate surface area is 97.2 Å². The van der Waals surface area contributed by atoms with Gasteiger partial charge in [-0.2, -0.15) is 0 Å². The van der Waals surface area contributed by atoms with Crippen molar-refractivity contribution in [1.82, 2.24) is 0 Å². The Morgan fingerprint density at radius 3 is 3.00 bits per heavy atom. The lowest BCUT2D eigenvalue weighted by atomic mass is 10.0. The molecule has 0 bridgehead atoms. The minimum absolute atomic E-state index is 0. The normalized spacial score (nSPS) is 15.1. The summed E-state index contributed by atoms with van der Waals surface area (Å²) < 4.78 is 5.45. The van der Waals surface area contributed by atoms with Crippen LogP contribution in [0.25, 0.3) is 0 Å². The van der Waals surface area contributed by atoms with Gasteiger partial charge in [0.1, 0.15) is 5.75 Å². The molecule has 1 atom stereocenters. The number of fused-ring (bicyclic) bond motifs is 1. The third-order valence-electron chi connectivity index (χ3n) is 2.74. The summed E-state index contributed by atoms with van der Waals surface area (Å²) in [5, 5.41) is 0. The Hall–Kier alpha value is -0.730. The molecule has 1 aromatic carbocycles. The van der Waals surface area contributed by atoms with Gasteiger partial charge in [-0.05, 0) is 23.6 Å². The van der Waals surface area contributed by atoms with Crippen molar-refractivity contribution in [3.63, 3.8) is 0 Å². The highest BCUT2D eigenvalue weighted by Gasteiger charge is 2.14. The highest BCUT2D eigenvalue weighted by atomic mass is 35.5. The van der Waals surface area contributed by atoms with Crippen molar-refractivity contribution < 1.29 is 4.74 Å². The Kier molecular flexibility index (Phi) is 4.43. The van der Waals surface area contributed by atoms with Crippen LogP contribution in [0.2, 0.25) is 0 Å². The van der Waals surface area contributed by atoms with E-state index in [2.05, 4.69) is 19.1 Å². The van der Waals surface area contributed by atoms with Crippen LogP contribution in [0.5, 0.6) is 5.75 Å². The molecule has 0 amide bonds. The van der Waals surface area contributed by atoms with E-state index in [0.29, 0.717) is 0 Å². The molecule has 1 aliphatic rings. The van der Waals surface area contributed by atoms with Crippen LogP contribution in [0.1, 0.15) is 36.9 Å². The first-order chi connectivity index (χ1) is 6.81. The molecule has 0 radical (unpaired) electrons. The van der Waals surface area contributed by atoms with Gasteiger partial charge in [0.2, 0.25) is 0 Å². The molecular formula is C12H18ClNO. The Morgan fingerprint density at radius 2 is 2.27 bits per heavy atom. The molecule has 0 aliphatic carbocycles. The summed E-state index contributed by atoms with van der Waals surface area (Å²) in [6.07, 6.45) is 3.22. The fourth-order valence-electron chi connectivity index (χ4n) is 1.91. The quantitative estimate of drug-likeness (QED) is 0.862. The average Bonchev–Trinajstić information content (AvgIpc) is 2.64. The summed E-state index contributed by atoms with van der Waals surface area (Å²) in [7, 11) is 0. The van der Waals surface area contributed by atoms with Crippen molar-refractivity contribution in [3.8, 4) is 5.75 Å². The summed E-state index contributed by atoms with van der Waals surface area (Å²) >= 11 is 0. The van der Waals surface area contributed by atoms with Crippen molar-refractivity contribution in [2.45, 2.75) is 32.2 Å². The second kappa shape index (κ2) is 5.38. The van der Waals surface area contributed by atoms with Crippen LogP contribution in [-0.4, -0.2) is 6.61 Å². The van der Waals surface area contributed by atoms with Crippen LogP contribution >= 0.6 is 12.4 Å². The molecular weight excluding hydrogens is 210 g/mol. The molecule has 84 valence electrons. The second-order valence-corrected chi connectivity index (χ2v) is 3.86. The fourth-order valence-corrected chi connectivity index (χ4v) is 1.91. The second-order valence-electron chi connectivity index (χ2n) is 3.86. The van der Waals surface area contributed by atoms with Crippen molar-refractivity contribution in [2.75, 3.05) is 6.61 Å². The molecule has 15 heavy (non-hydrogen) atoms. The predicted molar refractivity (Wildman–Crippen MR) is 64.7 cm³/mol. The van der Waals surface area contributed by atoms with E-state index in [1.54, 1.807) is 0 Å². The molecule has 2 N–H and O–H groups in total. The Bertz CT molecular complexity index is 327. The molecule has 0 saturated heterocycles. The number of rotatable bonds is 3. The smallest absolute Gasteiger partial charge is 0.122 e. The molecule has 1 aliphatic heterocycles. The van der Waals surface area contributed by atoms with Gasteiger partial charge in [0.05, 0.1) is 6.61 Å². The Balaban J connectivity index is 0.00000112. The number of halogens is 1. The maximum Gasteiger partial charge on any atom is 0.122 e. The third kappa shape index (κ3) is 2.64. The highest BCUT2D eigenvalue weighted by molar-refractivity contribution is 5.85. The zero-order valence-electron chi connectivity index (χ0n) is 9.03. The monoisotopic (exact) mass is 227 g/mol. The summed E-state index contributed by atoms with van der Waals surface area (Å²) in [6, 6.07) is 6.52. The van der Waals surface area contributed by atoms with Crippen molar-refractivity contribution in [2.24, 2.45) is 5.73 Å². The first-order valence-electron chi connectivity index (χ1n) is 5.32. The predicted octanol–water partition coefficient (Wildman–Crippen LogP) is 2.84. The SMILES string of the molecule is CCC[C@@H](N)c1ccc2c(c1)CCO2.Cl. The van der Waals surface area contributed by atoms with Gasteiger partial charge < -0.3 is 10.5 Å². The zero-order valence-corrected chi connectivity index (χ0v) is 9.85. The topological polar surface area (TPSA) is 35.2 Å². The molecule has 1 aromatic rings. The number of ether oxygens (including phenoxy) is 1. The standard InChI is InChI=1S/C12H17NO.ClH/c1-2-3-11(13)9-4-5-12-10(8-9)6-7-14-12;/h4-5,8,11H,2-3,6-7,13H2,1H3;1H/t11-;/m1./s1. The van der Waals surface area contributed by atoms with Crippen molar-refractivity contribution >= 4 is 12.4 Å². The maximum absolute atomic E-state index is 6.06. The minimum atomic E-state index is 0. The van der Waals surface area contributed by atoms with Crippen LogP contribution in [0.15, 0.2) is 18.2 Å². The molecule has 1 heterocycles. The van der Waals surface area contributed by atoms with Crippen LogP contribution in [-0.2, 0) is 6.42 Å². The van der Waals surface area contributed by atoms with Crippen molar-refractivity contribution in [3.05, 3.63) is 29.3 Å². The van der Waals surface area contributed by atoms with Gasteiger partial charge >= 0.3 is 0 Å². The highest BCUT2D eigenvalue weighted by Crippen LogP contribution is 2.28. The molecule has 0 unspecified atom stereocenters. The van der Waals surface area contributed by atoms with Gasteiger partial charge in [-0.3, -0.25) is 0 Å². The van der Waals surface area contributed by atoms with Crippen LogP contribution in [0.3, 0.4) is 0 Å². The van der Waals surface area contributed by atoms with Crippen LogP contribution in [0, 0.1) is 0 Å². The van der Waals surface area contributed by atoms with E-state index >= 15 is 0 Å². The van der Waals surface area contributed by atoms with Gasteiger partial charge in [0.25, 0.3) is 0 Å². The van der Waals surface area contributed by atoms with Gasteiger partial charge in [-0.1, -0.05) is 25.5 Å². The summed E-state index contributed by atoms with van der Waals surface area (Å²) in [6.45, 7) is 2.98. The van der Waals surface area contributed by atoms with Crippen LogP contribution < -0.4 is 10.5 Å². The van der Waals surface area contributed by atoms with E-state index in [4.69, 9.17) is 10.5 Å². The van der Waals surface area contributed by atoms with Gasteiger partial charge in [0.15, 0.2) is 0 Å². The van der Waals surface area contributed by atoms with Gasteiger partial charge in [-0.25, -0.2) is 0 Å². The van der Waals surface area contributed by atoms with Crippen LogP contribution in [0.4, 0.5) is 0 Å². The van der Waals surface area contributed by atoms with Gasteiger partial charge in [0, 0.05) is 12.5 Å². The molecule has 3 heteroatoms. The summed E-state index contributed by atoms with van der Waals surface area (Å²) in [4.78, 5) is 0. The molecule has 0 aromatic heterocycles. The zero-order chi connectivity index (χ0) is 9.97. The van der Waals surface area contributed by atoms with Crippen molar-refractivity contribution in [1.29, 1.82) is 0 Å². The van der Waals surface area contributed by atoms with Gasteiger partial charge in [-0.15, -0.1) is 12.4 Å². The lowest BCUT2D eigenvalue weighted by molar-refractivity contribution is 0.357. The van der Waals surface area contributed by atoms with E-state index < -0.39 is 0 Å². The average molecular weight is 228 g/mol. The molecule has 0 saturated carbocycles. The van der Waals surface area contributed by atoms with E-state index in [9.17, 15) is 0 Å². The van der Waals surface area contributed by atoms with E-state index in [0.717, 1.165) is 31.6 Å². The third-order valence-corrected chi connectivity index (χ3v) is 2.74. The number of benzene rings is 1. The molecule has 2 nitrogen and oxygen atoms in total. The first kappa shape index (κ1) is 12.3. The Morgan fingerprint density at radius 1 is 1.47 bits per heavy atom. The lowest BCUT2D eigenvalue weighted by Gasteiger charge is -2.11. The number of hydrogen-bond acceptors (Lipinski definition) is 2. The lowest BCUT2D eigenvalue weighted by Crippen LogP contribution is -2.09. The largest absolute Gasteiger partial charge is 0.493 e. The molecule has 2 rings (SSSR count). The fraction of sp³-hybridized carbons (Fsp3) is 0.500.